The average Bonchev–Trinajstić information content (AvgIpc) is 2.59. The minimum Gasteiger partial charge on any atom is -0.487 e. The van der Waals surface area contributed by atoms with Crippen molar-refractivity contribution in [2.45, 2.75) is 13.3 Å². The lowest BCUT2D eigenvalue weighted by atomic mass is 10.0. The van der Waals surface area contributed by atoms with Crippen LogP contribution >= 0.6 is 0 Å². The predicted molar refractivity (Wildman–Crippen MR) is 90.8 cm³/mol. The molecule has 130 valence electrons. The lowest BCUT2D eigenvalue weighted by Crippen LogP contribution is -2.01. The van der Waals surface area contributed by atoms with E-state index in [9.17, 15) is 24.4 Å². The van der Waals surface area contributed by atoms with Crippen molar-refractivity contribution in [1.82, 2.24) is 0 Å². The molecule has 0 radical (unpaired) electrons. The molecule has 2 aromatic carbocycles. The van der Waals surface area contributed by atoms with Crippen molar-refractivity contribution < 1.29 is 24.0 Å². The molecule has 25 heavy (non-hydrogen) atoms. The Hall–Kier alpha value is -3.22. The predicted octanol–water partition coefficient (Wildman–Crippen LogP) is 4.15. The molecule has 2 aromatic rings. The Morgan fingerprint density at radius 3 is 2.52 bits per heavy atom. The van der Waals surface area contributed by atoms with Gasteiger partial charge in [-0.15, -0.1) is 0 Å². The summed E-state index contributed by atoms with van der Waals surface area (Å²) in [6.45, 7) is 2.22. The van der Waals surface area contributed by atoms with Gasteiger partial charge in [0.25, 0.3) is 0 Å². The Labute approximate surface area is 143 Å². The number of carboxylic acid groups (broad SMARTS) is 1. The lowest BCUT2D eigenvalue weighted by molar-refractivity contribution is -0.385. The van der Waals surface area contributed by atoms with Gasteiger partial charge in [0.05, 0.1) is 17.1 Å². The smallest absolute Gasteiger partial charge is 0.336 e. The summed E-state index contributed by atoms with van der Waals surface area (Å²) in [5.74, 6) is -1.58. The van der Waals surface area contributed by atoms with E-state index in [0.717, 1.165) is 12.1 Å². The van der Waals surface area contributed by atoms with Gasteiger partial charge >= 0.3 is 11.7 Å². The lowest BCUT2D eigenvalue weighted by Gasteiger charge is -2.07. The third-order valence-electron chi connectivity index (χ3n) is 3.34. The summed E-state index contributed by atoms with van der Waals surface area (Å²) in [5, 5.41) is 20.6. The number of benzene rings is 2. The summed E-state index contributed by atoms with van der Waals surface area (Å²) in [4.78, 5) is 22.1. The molecular formula is C18H16FNO5. The molecule has 0 saturated carbocycles. The van der Waals surface area contributed by atoms with Gasteiger partial charge in [-0.3, -0.25) is 10.1 Å². The number of carboxylic acids is 1. The first-order chi connectivity index (χ1) is 11.9. The van der Waals surface area contributed by atoms with Gasteiger partial charge in [-0.25, -0.2) is 9.18 Å². The summed E-state index contributed by atoms with van der Waals surface area (Å²) in [7, 11) is 0. The molecule has 0 aromatic heterocycles. The first-order valence-corrected chi connectivity index (χ1v) is 7.54. The highest BCUT2D eigenvalue weighted by Crippen LogP contribution is 2.30. The van der Waals surface area contributed by atoms with E-state index in [1.54, 1.807) is 0 Å². The van der Waals surface area contributed by atoms with Gasteiger partial charge in [-0.1, -0.05) is 25.1 Å². The fraction of sp³-hybridized carbons (Fsp3) is 0.167. The van der Waals surface area contributed by atoms with Crippen LogP contribution < -0.4 is 4.74 Å². The molecule has 0 unspecified atom stereocenters. The summed E-state index contributed by atoms with van der Waals surface area (Å²) >= 11 is 0. The number of ether oxygens (including phenoxy) is 1. The minimum atomic E-state index is -1.22. The Morgan fingerprint density at radius 1 is 1.28 bits per heavy atom. The molecule has 0 atom stereocenters. The molecule has 2 rings (SSSR count). The largest absolute Gasteiger partial charge is 0.487 e. The van der Waals surface area contributed by atoms with Crippen LogP contribution in [0, 0.1) is 15.9 Å². The fourth-order valence-corrected chi connectivity index (χ4v) is 2.17. The molecule has 0 saturated heterocycles. The zero-order valence-electron chi connectivity index (χ0n) is 13.4. The molecule has 0 aliphatic heterocycles. The van der Waals surface area contributed by atoms with Crippen molar-refractivity contribution in [3.63, 3.8) is 0 Å². The van der Waals surface area contributed by atoms with Crippen molar-refractivity contribution in [3.05, 3.63) is 69.5 Å². The first-order valence-electron chi connectivity index (χ1n) is 7.54. The summed E-state index contributed by atoms with van der Waals surface area (Å²) < 4.78 is 18.3. The zero-order valence-corrected chi connectivity index (χ0v) is 13.4. The highest BCUT2D eigenvalue weighted by atomic mass is 19.1. The maximum Gasteiger partial charge on any atom is 0.336 e. The SMILES string of the molecule is CCCOc1ccc(/C=C(\C(=O)O)c2ccc(F)cc2)cc1[N+](=O)[O-]. The molecule has 0 spiro atoms. The van der Waals surface area contributed by atoms with E-state index in [1.807, 2.05) is 6.92 Å². The second kappa shape index (κ2) is 8.05. The summed E-state index contributed by atoms with van der Waals surface area (Å²) in [5.41, 5.74) is 0.280. The van der Waals surface area contributed by atoms with E-state index in [1.165, 1.54) is 36.4 Å². The van der Waals surface area contributed by atoms with Crippen molar-refractivity contribution in [1.29, 1.82) is 0 Å². The molecule has 0 aliphatic rings. The van der Waals surface area contributed by atoms with Crippen molar-refractivity contribution in [2.24, 2.45) is 0 Å². The molecule has 0 bridgehead atoms. The van der Waals surface area contributed by atoms with Gasteiger partial charge in [0.15, 0.2) is 5.75 Å². The third kappa shape index (κ3) is 4.63. The topological polar surface area (TPSA) is 89.7 Å². The van der Waals surface area contributed by atoms with Crippen LogP contribution in [0.4, 0.5) is 10.1 Å². The van der Waals surface area contributed by atoms with E-state index in [2.05, 4.69) is 0 Å². The van der Waals surface area contributed by atoms with Gasteiger partial charge in [-0.2, -0.15) is 0 Å². The second-order valence-corrected chi connectivity index (χ2v) is 5.20. The number of rotatable bonds is 7. The zero-order chi connectivity index (χ0) is 18.4. The van der Waals surface area contributed by atoms with Crippen molar-refractivity contribution >= 4 is 23.3 Å². The Kier molecular flexibility index (Phi) is 5.84. The maximum atomic E-state index is 13.0. The van der Waals surface area contributed by atoms with E-state index >= 15 is 0 Å². The number of hydrogen-bond donors (Lipinski definition) is 1. The highest BCUT2D eigenvalue weighted by molar-refractivity contribution is 6.20. The Balaban J connectivity index is 2.45. The van der Waals surface area contributed by atoms with Crippen LogP contribution in [0.15, 0.2) is 42.5 Å². The third-order valence-corrected chi connectivity index (χ3v) is 3.34. The standard InChI is InChI=1S/C18H16FNO5/c1-2-9-25-17-8-3-12(11-16(17)20(23)24)10-15(18(21)22)13-4-6-14(19)7-5-13/h3-8,10-11H,2,9H2,1H3,(H,21,22)/b15-10-. The van der Waals surface area contributed by atoms with E-state index < -0.39 is 16.7 Å². The number of nitro benzene ring substituents is 1. The van der Waals surface area contributed by atoms with Crippen molar-refractivity contribution in [3.8, 4) is 5.75 Å². The molecular weight excluding hydrogens is 329 g/mol. The van der Waals surface area contributed by atoms with Gasteiger partial charge < -0.3 is 9.84 Å². The highest BCUT2D eigenvalue weighted by Gasteiger charge is 2.17. The minimum absolute atomic E-state index is 0.100. The first kappa shape index (κ1) is 18.1. The molecule has 0 amide bonds. The number of hydrogen-bond acceptors (Lipinski definition) is 4. The molecule has 7 heteroatoms. The molecule has 1 N–H and O–H groups in total. The molecule has 0 aliphatic carbocycles. The quantitative estimate of drug-likeness (QED) is 0.352. The van der Waals surface area contributed by atoms with Crippen LogP contribution in [-0.4, -0.2) is 22.6 Å². The van der Waals surface area contributed by atoms with Crippen LogP contribution in [0.5, 0.6) is 5.75 Å². The van der Waals surface area contributed by atoms with Gasteiger partial charge in [-0.05, 0) is 41.8 Å². The van der Waals surface area contributed by atoms with Gasteiger partial charge in [0, 0.05) is 6.07 Å². The molecule has 0 heterocycles. The van der Waals surface area contributed by atoms with Gasteiger partial charge in [0.1, 0.15) is 5.82 Å². The number of nitrogens with zero attached hydrogens (tertiary/aromatic N) is 1. The van der Waals surface area contributed by atoms with Crippen LogP contribution in [0.3, 0.4) is 0 Å². The molecule has 6 nitrogen and oxygen atoms in total. The monoisotopic (exact) mass is 345 g/mol. The van der Waals surface area contributed by atoms with Crippen LogP contribution in [-0.2, 0) is 4.79 Å². The average molecular weight is 345 g/mol. The number of halogens is 1. The second-order valence-electron chi connectivity index (χ2n) is 5.20. The molecule has 0 fully saturated rings. The fourth-order valence-electron chi connectivity index (χ4n) is 2.17. The van der Waals surface area contributed by atoms with Gasteiger partial charge in [0.2, 0.25) is 0 Å². The number of nitro groups is 1. The van der Waals surface area contributed by atoms with E-state index in [4.69, 9.17) is 4.74 Å². The summed E-state index contributed by atoms with van der Waals surface area (Å²) in [6, 6.07) is 9.18. The van der Waals surface area contributed by atoms with Crippen LogP contribution in [0.25, 0.3) is 11.6 Å². The number of aliphatic carboxylic acids is 1. The van der Waals surface area contributed by atoms with Crippen LogP contribution in [0.1, 0.15) is 24.5 Å². The van der Waals surface area contributed by atoms with E-state index in [0.29, 0.717) is 24.2 Å². The van der Waals surface area contributed by atoms with E-state index in [-0.39, 0.29) is 17.0 Å². The Bertz CT molecular complexity index is 815. The summed E-state index contributed by atoms with van der Waals surface area (Å²) in [6.07, 6.45) is 2.00. The van der Waals surface area contributed by atoms with Crippen molar-refractivity contribution in [2.75, 3.05) is 6.61 Å². The number of carbonyl (C=O) groups is 1. The Morgan fingerprint density at radius 2 is 1.96 bits per heavy atom. The normalized spacial score (nSPS) is 11.2. The van der Waals surface area contributed by atoms with Crippen LogP contribution in [0.2, 0.25) is 0 Å². The maximum absolute atomic E-state index is 13.0.